The summed E-state index contributed by atoms with van der Waals surface area (Å²) >= 11 is 0. The Morgan fingerprint density at radius 1 is 1.30 bits per heavy atom. The maximum atomic E-state index is 13.8. The number of hydrogen-bond donors (Lipinski definition) is 1. The summed E-state index contributed by atoms with van der Waals surface area (Å²) in [6, 6.07) is 1.41. The molecule has 0 saturated carbocycles. The van der Waals surface area contributed by atoms with Crippen LogP contribution in [0.1, 0.15) is 6.92 Å². The van der Waals surface area contributed by atoms with Crippen LogP contribution >= 0.6 is 0 Å². The Bertz CT molecular complexity index is 621. The fourth-order valence-electron chi connectivity index (χ4n) is 2.38. The summed E-state index contributed by atoms with van der Waals surface area (Å²) in [6.07, 6.45) is 0. The van der Waals surface area contributed by atoms with Crippen molar-refractivity contribution in [3.05, 3.63) is 23.8 Å². The van der Waals surface area contributed by atoms with Gasteiger partial charge in [0.1, 0.15) is 4.90 Å². The van der Waals surface area contributed by atoms with Crippen LogP contribution in [0.25, 0.3) is 0 Å². The van der Waals surface area contributed by atoms with E-state index >= 15 is 0 Å². The number of anilines is 1. The third kappa shape index (κ3) is 2.63. The van der Waals surface area contributed by atoms with Gasteiger partial charge in [0, 0.05) is 31.4 Å². The van der Waals surface area contributed by atoms with Gasteiger partial charge in [-0.05, 0) is 26.1 Å². The molecule has 1 aliphatic heterocycles. The number of halogens is 2. The zero-order chi connectivity index (χ0) is 15.1. The minimum atomic E-state index is -4.10. The van der Waals surface area contributed by atoms with E-state index in [9.17, 15) is 17.2 Å². The van der Waals surface area contributed by atoms with Crippen molar-refractivity contribution < 1.29 is 17.2 Å². The average Bonchev–Trinajstić information content (AvgIpc) is 2.33. The second-order valence-electron chi connectivity index (χ2n) is 5.04. The molecule has 0 spiro atoms. The van der Waals surface area contributed by atoms with Crippen molar-refractivity contribution in [2.75, 3.05) is 32.4 Å². The van der Waals surface area contributed by atoms with Crippen LogP contribution in [0.5, 0.6) is 0 Å². The van der Waals surface area contributed by atoms with Gasteiger partial charge in [0.05, 0.1) is 0 Å². The molecule has 1 atom stereocenters. The lowest BCUT2D eigenvalue weighted by atomic mass is 10.2. The first-order chi connectivity index (χ1) is 9.23. The molecule has 0 bridgehead atoms. The Morgan fingerprint density at radius 3 is 2.55 bits per heavy atom. The molecule has 1 unspecified atom stereocenters. The molecule has 5 nitrogen and oxygen atoms in total. The molecular weight excluding hydrogens is 288 g/mol. The zero-order valence-corrected chi connectivity index (χ0v) is 12.1. The molecular formula is C12H17F2N3O2S. The van der Waals surface area contributed by atoms with Gasteiger partial charge in [0.25, 0.3) is 0 Å². The number of piperazine rings is 1. The normalized spacial score (nSPS) is 22.1. The van der Waals surface area contributed by atoms with E-state index in [1.165, 1.54) is 4.31 Å². The second-order valence-corrected chi connectivity index (χ2v) is 6.90. The zero-order valence-electron chi connectivity index (χ0n) is 11.3. The summed E-state index contributed by atoms with van der Waals surface area (Å²) in [4.78, 5) is 1.28. The number of sulfonamides is 1. The van der Waals surface area contributed by atoms with Crippen LogP contribution < -0.4 is 5.73 Å². The maximum Gasteiger partial charge on any atom is 0.246 e. The highest BCUT2D eigenvalue weighted by Crippen LogP contribution is 2.26. The number of benzene rings is 1. The lowest BCUT2D eigenvalue weighted by Crippen LogP contribution is -2.52. The highest BCUT2D eigenvalue weighted by atomic mass is 32.2. The summed E-state index contributed by atoms with van der Waals surface area (Å²) in [7, 11) is -2.22. The molecule has 0 amide bonds. The standard InChI is InChI=1S/C12H17F2N3O2S/c1-8-7-16(2)3-4-17(8)20(18,19)11-6-9(15)5-10(13)12(11)14/h5-6,8H,3-4,7,15H2,1-2H3. The van der Waals surface area contributed by atoms with E-state index in [0.717, 1.165) is 12.1 Å². The predicted octanol–water partition coefficient (Wildman–Crippen LogP) is 0.872. The quantitative estimate of drug-likeness (QED) is 0.824. The Morgan fingerprint density at radius 2 is 1.95 bits per heavy atom. The Kier molecular flexibility index (Phi) is 3.99. The molecule has 0 radical (unpaired) electrons. The molecule has 1 heterocycles. The molecule has 0 aromatic heterocycles. The second kappa shape index (κ2) is 5.27. The van der Waals surface area contributed by atoms with Crippen molar-refractivity contribution in [1.29, 1.82) is 0 Å². The molecule has 112 valence electrons. The number of likely N-dealkylation sites (N-methyl/N-ethyl adjacent to an activating group) is 1. The number of nitrogens with two attached hydrogens (primary N) is 1. The molecule has 1 aliphatic rings. The molecule has 1 fully saturated rings. The van der Waals surface area contributed by atoms with Crippen molar-refractivity contribution in [1.82, 2.24) is 9.21 Å². The molecule has 1 saturated heterocycles. The van der Waals surface area contributed by atoms with Crippen LogP contribution in [0.2, 0.25) is 0 Å². The largest absolute Gasteiger partial charge is 0.399 e. The fourth-order valence-corrected chi connectivity index (χ4v) is 4.10. The van der Waals surface area contributed by atoms with E-state index in [1.807, 2.05) is 11.9 Å². The minimum absolute atomic E-state index is 0.121. The number of rotatable bonds is 2. The van der Waals surface area contributed by atoms with Crippen LogP contribution in [0, 0.1) is 11.6 Å². The SMILES string of the molecule is CC1CN(C)CCN1S(=O)(=O)c1cc(N)cc(F)c1F. The molecule has 8 heteroatoms. The maximum absolute atomic E-state index is 13.8. The van der Waals surface area contributed by atoms with Crippen molar-refractivity contribution in [3.63, 3.8) is 0 Å². The number of nitrogens with zero attached hydrogens (tertiary/aromatic N) is 2. The third-order valence-electron chi connectivity index (χ3n) is 3.37. The molecule has 20 heavy (non-hydrogen) atoms. The molecule has 1 aromatic rings. The van der Waals surface area contributed by atoms with Crippen molar-refractivity contribution in [2.45, 2.75) is 17.9 Å². The van der Waals surface area contributed by atoms with E-state index in [2.05, 4.69) is 0 Å². The summed E-state index contributed by atoms with van der Waals surface area (Å²) in [5, 5.41) is 0. The van der Waals surface area contributed by atoms with Gasteiger partial charge in [0.15, 0.2) is 11.6 Å². The van der Waals surface area contributed by atoms with Crippen LogP contribution in [0.3, 0.4) is 0 Å². The lowest BCUT2D eigenvalue weighted by molar-refractivity contribution is 0.170. The molecule has 0 aliphatic carbocycles. The molecule has 2 N–H and O–H groups in total. The van der Waals surface area contributed by atoms with Crippen molar-refractivity contribution in [2.24, 2.45) is 0 Å². The third-order valence-corrected chi connectivity index (χ3v) is 5.39. The summed E-state index contributed by atoms with van der Waals surface area (Å²) in [5.41, 5.74) is 5.29. The van der Waals surface area contributed by atoms with Gasteiger partial charge in [-0.3, -0.25) is 0 Å². The van der Waals surface area contributed by atoms with E-state index in [0.29, 0.717) is 13.1 Å². The Hall–Kier alpha value is -1.25. The highest BCUT2D eigenvalue weighted by Gasteiger charge is 2.35. The van der Waals surface area contributed by atoms with E-state index < -0.39 is 26.6 Å². The first-order valence-corrected chi connectivity index (χ1v) is 7.62. The van der Waals surface area contributed by atoms with Gasteiger partial charge >= 0.3 is 0 Å². The summed E-state index contributed by atoms with van der Waals surface area (Å²) < 4.78 is 53.3. The van der Waals surface area contributed by atoms with E-state index in [4.69, 9.17) is 5.73 Å². The van der Waals surface area contributed by atoms with Crippen molar-refractivity contribution >= 4 is 15.7 Å². The van der Waals surface area contributed by atoms with Gasteiger partial charge in [-0.1, -0.05) is 0 Å². The van der Waals surface area contributed by atoms with Gasteiger partial charge in [0.2, 0.25) is 10.0 Å². The minimum Gasteiger partial charge on any atom is -0.399 e. The van der Waals surface area contributed by atoms with Crippen LogP contribution in [-0.4, -0.2) is 50.3 Å². The first kappa shape index (κ1) is 15.1. The van der Waals surface area contributed by atoms with Gasteiger partial charge in [-0.15, -0.1) is 0 Å². The van der Waals surface area contributed by atoms with Crippen LogP contribution in [0.15, 0.2) is 17.0 Å². The van der Waals surface area contributed by atoms with E-state index in [-0.39, 0.29) is 18.3 Å². The topological polar surface area (TPSA) is 66.6 Å². The molecule has 1 aromatic carbocycles. The van der Waals surface area contributed by atoms with Gasteiger partial charge in [-0.25, -0.2) is 17.2 Å². The number of hydrogen-bond acceptors (Lipinski definition) is 4. The van der Waals surface area contributed by atoms with Crippen molar-refractivity contribution in [3.8, 4) is 0 Å². The molecule has 2 rings (SSSR count). The van der Waals surface area contributed by atoms with Gasteiger partial charge < -0.3 is 10.6 Å². The van der Waals surface area contributed by atoms with Gasteiger partial charge in [-0.2, -0.15) is 4.31 Å². The Labute approximate surface area is 117 Å². The predicted molar refractivity (Wildman–Crippen MR) is 71.6 cm³/mol. The number of nitrogen functional groups attached to an aromatic ring is 1. The first-order valence-electron chi connectivity index (χ1n) is 6.18. The Balaban J connectivity index is 2.46. The van der Waals surface area contributed by atoms with E-state index in [1.54, 1.807) is 6.92 Å². The smallest absolute Gasteiger partial charge is 0.246 e. The highest BCUT2D eigenvalue weighted by molar-refractivity contribution is 7.89. The fraction of sp³-hybridized carbons (Fsp3) is 0.500. The average molecular weight is 305 g/mol. The van der Waals surface area contributed by atoms with Crippen LogP contribution in [-0.2, 0) is 10.0 Å². The summed E-state index contributed by atoms with van der Waals surface area (Å²) in [5.74, 6) is -2.64. The monoisotopic (exact) mass is 305 g/mol. The van der Waals surface area contributed by atoms with Crippen LogP contribution in [0.4, 0.5) is 14.5 Å². The summed E-state index contributed by atoms with van der Waals surface area (Å²) in [6.45, 7) is 3.03. The lowest BCUT2D eigenvalue weighted by Gasteiger charge is -2.37.